The van der Waals surface area contributed by atoms with Gasteiger partial charge in [0.15, 0.2) is 0 Å². The van der Waals surface area contributed by atoms with Crippen LogP contribution in [0.25, 0.3) is 0 Å². The van der Waals surface area contributed by atoms with Gasteiger partial charge in [-0.2, -0.15) is 0 Å². The first-order valence-electron chi connectivity index (χ1n) is 7.04. The van der Waals surface area contributed by atoms with Crippen molar-refractivity contribution in [2.24, 2.45) is 0 Å². The second kappa shape index (κ2) is 9.02. The number of hydrogen-bond acceptors (Lipinski definition) is 4. The smallest absolute Gasteiger partial charge is 0.0589 e. The van der Waals surface area contributed by atoms with Crippen LogP contribution in [0.3, 0.4) is 0 Å². The summed E-state index contributed by atoms with van der Waals surface area (Å²) in [6.45, 7) is 11.0. The van der Waals surface area contributed by atoms with E-state index in [1.807, 2.05) is 6.20 Å². The van der Waals surface area contributed by atoms with E-state index in [1.54, 1.807) is 7.11 Å². The predicted octanol–water partition coefficient (Wildman–Crippen LogP) is 2.05. The molecule has 0 unspecified atom stereocenters. The fourth-order valence-corrected chi connectivity index (χ4v) is 1.77. The second-order valence-electron chi connectivity index (χ2n) is 5.05. The van der Waals surface area contributed by atoms with Gasteiger partial charge in [0.2, 0.25) is 0 Å². The first-order valence-corrected chi connectivity index (χ1v) is 7.04. The van der Waals surface area contributed by atoms with E-state index in [2.05, 4.69) is 48.1 Å². The summed E-state index contributed by atoms with van der Waals surface area (Å²) in [6.07, 6.45) is 1.97. The molecule has 1 aromatic rings. The van der Waals surface area contributed by atoms with Gasteiger partial charge in [-0.05, 0) is 18.2 Å². The van der Waals surface area contributed by atoms with Crippen LogP contribution in [0.2, 0.25) is 0 Å². The van der Waals surface area contributed by atoms with Crippen LogP contribution in [-0.2, 0) is 17.8 Å². The molecule has 1 N–H and O–H groups in total. The van der Waals surface area contributed by atoms with E-state index in [9.17, 15) is 0 Å². The number of nitrogens with zero attached hydrogens (tertiary/aromatic N) is 2. The van der Waals surface area contributed by atoms with Crippen LogP contribution in [0.15, 0.2) is 18.3 Å². The minimum absolute atomic E-state index is 0.504. The molecule has 0 fully saturated rings. The minimum atomic E-state index is 0.504. The Morgan fingerprint density at radius 2 is 2.16 bits per heavy atom. The molecule has 108 valence electrons. The molecule has 0 spiro atoms. The summed E-state index contributed by atoms with van der Waals surface area (Å²) in [4.78, 5) is 6.86. The fraction of sp³-hybridized carbons (Fsp3) is 0.667. The van der Waals surface area contributed by atoms with Gasteiger partial charge in [0.25, 0.3) is 0 Å². The van der Waals surface area contributed by atoms with Crippen molar-refractivity contribution in [1.82, 2.24) is 15.2 Å². The number of likely N-dealkylation sites (N-methyl/N-ethyl adjacent to an activating group) is 1. The van der Waals surface area contributed by atoms with E-state index < -0.39 is 0 Å². The number of aromatic nitrogens is 1. The van der Waals surface area contributed by atoms with Gasteiger partial charge >= 0.3 is 0 Å². The Kier molecular flexibility index (Phi) is 7.63. The zero-order chi connectivity index (χ0) is 14.1. The van der Waals surface area contributed by atoms with Gasteiger partial charge in [0.1, 0.15) is 0 Å². The monoisotopic (exact) mass is 265 g/mol. The molecule has 1 heterocycles. The average Bonchev–Trinajstić information content (AvgIpc) is 2.42. The first kappa shape index (κ1) is 16.1. The molecule has 0 radical (unpaired) electrons. The molecule has 19 heavy (non-hydrogen) atoms. The standard InChI is InChI=1S/C15H27N3O/c1-5-18(8-9-19-4)12-15-7-6-14(11-17-15)10-16-13(2)3/h6-7,11,13,16H,5,8-10,12H2,1-4H3. The zero-order valence-electron chi connectivity index (χ0n) is 12.6. The molecule has 0 aliphatic carbocycles. The van der Waals surface area contributed by atoms with Gasteiger partial charge < -0.3 is 10.1 Å². The number of methoxy groups -OCH3 is 1. The second-order valence-corrected chi connectivity index (χ2v) is 5.05. The number of hydrogen-bond donors (Lipinski definition) is 1. The summed E-state index contributed by atoms with van der Waals surface area (Å²) >= 11 is 0. The lowest BCUT2D eigenvalue weighted by Gasteiger charge is -2.19. The fourth-order valence-electron chi connectivity index (χ4n) is 1.77. The Hall–Kier alpha value is -0.970. The van der Waals surface area contributed by atoms with E-state index in [0.29, 0.717) is 6.04 Å². The van der Waals surface area contributed by atoms with Crippen LogP contribution in [0.4, 0.5) is 0 Å². The van der Waals surface area contributed by atoms with Crippen molar-refractivity contribution in [3.63, 3.8) is 0 Å². The van der Waals surface area contributed by atoms with Gasteiger partial charge in [-0.1, -0.05) is 26.8 Å². The highest BCUT2D eigenvalue weighted by Gasteiger charge is 2.04. The summed E-state index contributed by atoms with van der Waals surface area (Å²) in [7, 11) is 1.74. The van der Waals surface area contributed by atoms with Crippen LogP contribution in [-0.4, -0.2) is 42.7 Å². The van der Waals surface area contributed by atoms with Crippen molar-refractivity contribution in [2.45, 2.75) is 39.9 Å². The molecule has 4 heteroatoms. The van der Waals surface area contributed by atoms with Crippen molar-refractivity contribution in [2.75, 3.05) is 26.8 Å². The molecule has 1 aromatic heterocycles. The van der Waals surface area contributed by atoms with Gasteiger partial charge in [0, 0.05) is 39.0 Å². The van der Waals surface area contributed by atoms with E-state index in [1.165, 1.54) is 5.56 Å². The van der Waals surface area contributed by atoms with Gasteiger partial charge in [0.05, 0.1) is 12.3 Å². The Bertz CT molecular complexity index is 338. The van der Waals surface area contributed by atoms with Crippen LogP contribution in [0.1, 0.15) is 32.0 Å². The molecule has 0 aromatic carbocycles. The maximum Gasteiger partial charge on any atom is 0.0589 e. The molecule has 0 amide bonds. The summed E-state index contributed by atoms with van der Waals surface area (Å²) in [5, 5.41) is 3.39. The molecule has 0 saturated heterocycles. The Balaban J connectivity index is 2.46. The van der Waals surface area contributed by atoms with Gasteiger partial charge in [-0.15, -0.1) is 0 Å². The van der Waals surface area contributed by atoms with E-state index in [4.69, 9.17) is 4.74 Å². The third-order valence-electron chi connectivity index (χ3n) is 3.04. The number of pyridine rings is 1. The van der Waals surface area contributed by atoms with Crippen molar-refractivity contribution in [1.29, 1.82) is 0 Å². The van der Waals surface area contributed by atoms with Crippen molar-refractivity contribution in [3.8, 4) is 0 Å². The Morgan fingerprint density at radius 3 is 2.68 bits per heavy atom. The van der Waals surface area contributed by atoms with Crippen molar-refractivity contribution < 1.29 is 4.74 Å². The highest BCUT2D eigenvalue weighted by atomic mass is 16.5. The summed E-state index contributed by atoms with van der Waals surface area (Å²) < 4.78 is 5.11. The minimum Gasteiger partial charge on any atom is -0.383 e. The maximum atomic E-state index is 5.11. The first-order chi connectivity index (χ1) is 9.15. The molecule has 0 aliphatic rings. The Morgan fingerprint density at radius 1 is 1.37 bits per heavy atom. The molecule has 4 nitrogen and oxygen atoms in total. The van der Waals surface area contributed by atoms with E-state index in [0.717, 1.165) is 38.5 Å². The largest absolute Gasteiger partial charge is 0.383 e. The molecular formula is C15H27N3O. The maximum absolute atomic E-state index is 5.11. The molecule has 0 bridgehead atoms. The summed E-state index contributed by atoms with van der Waals surface area (Å²) in [5.41, 5.74) is 2.35. The lowest BCUT2D eigenvalue weighted by Crippen LogP contribution is -2.27. The third kappa shape index (κ3) is 6.66. The topological polar surface area (TPSA) is 37.4 Å². The van der Waals surface area contributed by atoms with Crippen molar-refractivity contribution >= 4 is 0 Å². The highest BCUT2D eigenvalue weighted by Crippen LogP contribution is 2.04. The third-order valence-corrected chi connectivity index (χ3v) is 3.04. The van der Waals surface area contributed by atoms with Crippen LogP contribution in [0.5, 0.6) is 0 Å². The molecule has 0 atom stereocenters. The average molecular weight is 265 g/mol. The lowest BCUT2D eigenvalue weighted by molar-refractivity contribution is 0.147. The normalized spacial score (nSPS) is 11.5. The lowest BCUT2D eigenvalue weighted by atomic mass is 10.2. The van der Waals surface area contributed by atoms with Crippen LogP contribution in [0, 0.1) is 0 Å². The molecular weight excluding hydrogens is 238 g/mol. The van der Waals surface area contributed by atoms with Crippen LogP contribution >= 0.6 is 0 Å². The quantitative estimate of drug-likeness (QED) is 0.741. The van der Waals surface area contributed by atoms with Crippen molar-refractivity contribution in [3.05, 3.63) is 29.6 Å². The number of rotatable bonds is 9. The molecule has 1 rings (SSSR count). The molecule has 0 saturated carbocycles. The molecule has 0 aliphatic heterocycles. The zero-order valence-corrected chi connectivity index (χ0v) is 12.6. The van der Waals surface area contributed by atoms with Gasteiger partial charge in [-0.3, -0.25) is 9.88 Å². The van der Waals surface area contributed by atoms with E-state index >= 15 is 0 Å². The summed E-state index contributed by atoms with van der Waals surface area (Å²) in [6, 6.07) is 4.78. The Labute approximate surface area is 117 Å². The predicted molar refractivity (Wildman–Crippen MR) is 79.0 cm³/mol. The summed E-state index contributed by atoms with van der Waals surface area (Å²) in [5.74, 6) is 0. The van der Waals surface area contributed by atoms with E-state index in [-0.39, 0.29) is 0 Å². The number of ether oxygens (including phenoxy) is 1. The number of nitrogens with one attached hydrogen (secondary N) is 1. The highest BCUT2D eigenvalue weighted by molar-refractivity contribution is 5.14. The van der Waals surface area contributed by atoms with Crippen LogP contribution < -0.4 is 5.32 Å². The SMILES string of the molecule is CCN(CCOC)Cc1ccc(CNC(C)C)cn1. The van der Waals surface area contributed by atoms with Gasteiger partial charge in [-0.25, -0.2) is 0 Å².